The first-order valence-corrected chi connectivity index (χ1v) is 3.44. The van der Waals surface area contributed by atoms with Gasteiger partial charge in [-0.1, -0.05) is 0 Å². The van der Waals surface area contributed by atoms with Gasteiger partial charge in [-0.2, -0.15) is 18.3 Å². The minimum Gasteiger partial charge on any atom is -0.294 e. The van der Waals surface area contributed by atoms with E-state index >= 15 is 0 Å². The van der Waals surface area contributed by atoms with E-state index in [-0.39, 0.29) is 0 Å². The smallest absolute Gasteiger partial charge is 0.294 e. The number of carbonyl (C=O) groups excluding carboxylic acids is 1. The number of nitrogens with zero attached hydrogens (tertiary/aromatic N) is 2. The lowest BCUT2D eigenvalue weighted by molar-refractivity contribution is -0.141. The standard InChI is InChI=1S/C7H7F3N2O/c1-4(13)5-3-12(2)11-6(5)7(8,9)10/h3H,1-2H3. The Morgan fingerprint density at radius 3 is 2.38 bits per heavy atom. The van der Waals surface area contributed by atoms with Gasteiger partial charge in [-0.15, -0.1) is 0 Å². The molecule has 3 nitrogen and oxygen atoms in total. The van der Waals surface area contributed by atoms with Gasteiger partial charge in [0.15, 0.2) is 11.5 Å². The SMILES string of the molecule is CC(=O)c1cn(C)nc1C(F)(F)F. The van der Waals surface area contributed by atoms with Gasteiger partial charge < -0.3 is 0 Å². The molecule has 6 heteroatoms. The third-order valence-electron chi connectivity index (χ3n) is 1.48. The van der Waals surface area contributed by atoms with Crippen molar-refractivity contribution in [2.45, 2.75) is 13.1 Å². The molecular weight excluding hydrogens is 185 g/mol. The Balaban J connectivity index is 3.28. The quantitative estimate of drug-likeness (QED) is 0.634. The highest BCUT2D eigenvalue weighted by atomic mass is 19.4. The van der Waals surface area contributed by atoms with Crippen molar-refractivity contribution < 1.29 is 18.0 Å². The second kappa shape index (κ2) is 2.86. The molecule has 1 aromatic rings. The number of hydrogen-bond donors (Lipinski definition) is 0. The van der Waals surface area contributed by atoms with E-state index in [4.69, 9.17) is 0 Å². The number of halogens is 3. The minimum atomic E-state index is -4.57. The van der Waals surface area contributed by atoms with Gasteiger partial charge in [-0.25, -0.2) is 0 Å². The van der Waals surface area contributed by atoms with Gasteiger partial charge in [0.1, 0.15) is 0 Å². The maximum Gasteiger partial charge on any atom is 0.435 e. The molecule has 0 bridgehead atoms. The van der Waals surface area contributed by atoms with Crippen LogP contribution in [0.25, 0.3) is 0 Å². The first kappa shape index (κ1) is 9.76. The fourth-order valence-corrected chi connectivity index (χ4v) is 0.955. The highest BCUT2D eigenvalue weighted by molar-refractivity contribution is 5.95. The van der Waals surface area contributed by atoms with E-state index in [1.54, 1.807) is 0 Å². The van der Waals surface area contributed by atoms with Crippen LogP contribution >= 0.6 is 0 Å². The average molecular weight is 192 g/mol. The Kier molecular flexibility index (Phi) is 2.15. The van der Waals surface area contributed by atoms with Gasteiger partial charge in [-0.05, 0) is 6.92 Å². The summed E-state index contributed by atoms with van der Waals surface area (Å²) in [7, 11) is 1.34. The number of aromatic nitrogens is 2. The molecule has 0 radical (unpaired) electrons. The van der Waals surface area contributed by atoms with Crippen LogP contribution in [-0.2, 0) is 13.2 Å². The van der Waals surface area contributed by atoms with Crippen molar-refractivity contribution in [1.29, 1.82) is 0 Å². The molecule has 0 saturated carbocycles. The molecule has 0 fully saturated rings. The third kappa shape index (κ3) is 1.88. The summed E-state index contributed by atoms with van der Waals surface area (Å²) in [5.41, 5.74) is -1.52. The van der Waals surface area contributed by atoms with Crippen molar-refractivity contribution in [1.82, 2.24) is 9.78 Å². The monoisotopic (exact) mass is 192 g/mol. The molecule has 1 aromatic heterocycles. The van der Waals surface area contributed by atoms with Crippen LogP contribution in [-0.4, -0.2) is 15.6 Å². The molecule has 0 spiro atoms. The van der Waals surface area contributed by atoms with Gasteiger partial charge >= 0.3 is 6.18 Å². The predicted molar refractivity (Wildman–Crippen MR) is 38.2 cm³/mol. The zero-order valence-corrected chi connectivity index (χ0v) is 7.01. The number of hydrogen-bond acceptors (Lipinski definition) is 2. The highest BCUT2D eigenvalue weighted by Gasteiger charge is 2.37. The summed E-state index contributed by atoms with van der Waals surface area (Å²) in [6.45, 7) is 1.08. The van der Waals surface area contributed by atoms with Crippen molar-refractivity contribution in [3.63, 3.8) is 0 Å². The lowest BCUT2D eigenvalue weighted by Crippen LogP contribution is -2.11. The minimum absolute atomic E-state index is 0.394. The molecule has 0 unspecified atom stereocenters. The van der Waals surface area contributed by atoms with Crippen LogP contribution in [0.5, 0.6) is 0 Å². The van der Waals surface area contributed by atoms with Gasteiger partial charge in [0.2, 0.25) is 0 Å². The summed E-state index contributed by atoms with van der Waals surface area (Å²) in [5, 5.41) is 3.17. The van der Waals surface area contributed by atoms with E-state index in [1.807, 2.05) is 0 Å². The van der Waals surface area contributed by atoms with Crippen LogP contribution in [0.1, 0.15) is 23.0 Å². The lowest BCUT2D eigenvalue weighted by atomic mass is 10.2. The first-order chi connectivity index (χ1) is 5.82. The predicted octanol–water partition coefficient (Wildman–Crippen LogP) is 1.64. The fourth-order valence-electron chi connectivity index (χ4n) is 0.955. The van der Waals surface area contributed by atoms with Crippen LogP contribution < -0.4 is 0 Å². The highest BCUT2D eigenvalue weighted by Crippen LogP contribution is 2.30. The summed E-state index contributed by atoms with van der Waals surface area (Å²) in [4.78, 5) is 10.8. The summed E-state index contributed by atoms with van der Waals surface area (Å²) >= 11 is 0. The number of Topliss-reactive ketones (excluding diaryl/α,β-unsaturated/α-hetero) is 1. The number of carbonyl (C=O) groups is 1. The Labute approximate surface area is 72.2 Å². The van der Waals surface area contributed by atoms with Crippen molar-refractivity contribution >= 4 is 5.78 Å². The lowest BCUT2D eigenvalue weighted by Gasteiger charge is -2.02. The van der Waals surface area contributed by atoms with Crippen LogP contribution in [0.2, 0.25) is 0 Å². The van der Waals surface area contributed by atoms with E-state index < -0.39 is 23.2 Å². The van der Waals surface area contributed by atoms with Gasteiger partial charge in [0.25, 0.3) is 0 Å². The van der Waals surface area contributed by atoms with E-state index in [2.05, 4.69) is 5.10 Å². The molecule has 1 rings (SSSR count). The molecular formula is C7H7F3N2O. The van der Waals surface area contributed by atoms with Crippen LogP contribution in [0.3, 0.4) is 0 Å². The third-order valence-corrected chi connectivity index (χ3v) is 1.48. The molecule has 0 amide bonds. The molecule has 72 valence electrons. The first-order valence-electron chi connectivity index (χ1n) is 3.44. The number of ketones is 1. The maximum absolute atomic E-state index is 12.2. The number of alkyl halides is 3. The van der Waals surface area contributed by atoms with E-state index in [0.717, 1.165) is 17.8 Å². The van der Waals surface area contributed by atoms with Crippen LogP contribution in [0.4, 0.5) is 13.2 Å². The largest absolute Gasteiger partial charge is 0.435 e. The number of rotatable bonds is 1. The number of aryl methyl sites for hydroxylation is 1. The zero-order chi connectivity index (χ0) is 10.2. The molecule has 1 heterocycles. The Hall–Kier alpha value is -1.33. The molecule has 0 aliphatic heterocycles. The Bertz CT molecular complexity index is 340. The molecule has 0 aliphatic rings. The van der Waals surface area contributed by atoms with Crippen molar-refractivity contribution in [2.75, 3.05) is 0 Å². The van der Waals surface area contributed by atoms with Crippen LogP contribution in [0.15, 0.2) is 6.20 Å². The molecule has 13 heavy (non-hydrogen) atoms. The second-order valence-corrected chi connectivity index (χ2v) is 2.62. The van der Waals surface area contributed by atoms with Crippen molar-refractivity contribution in [3.8, 4) is 0 Å². The van der Waals surface area contributed by atoms with E-state index in [1.165, 1.54) is 7.05 Å². The van der Waals surface area contributed by atoms with Gasteiger partial charge in [-0.3, -0.25) is 9.48 Å². The summed E-state index contributed by atoms with van der Waals surface area (Å²) in [5.74, 6) is -0.638. The normalized spacial score (nSPS) is 11.8. The van der Waals surface area contributed by atoms with Crippen molar-refractivity contribution in [3.05, 3.63) is 17.5 Å². The second-order valence-electron chi connectivity index (χ2n) is 2.62. The topological polar surface area (TPSA) is 34.9 Å². The molecule has 0 saturated heterocycles. The maximum atomic E-state index is 12.2. The van der Waals surface area contributed by atoms with E-state index in [9.17, 15) is 18.0 Å². The Morgan fingerprint density at radius 1 is 1.54 bits per heavy atom. The molecule has 0 atom stereocenters. The molecule has 0 aromatic carbocycles. The van der Waals surface area contributed by atoms with Crippen molar-refractivity contribution in [2.24, 2.45) is 7.05 Å². The van der Waals surface area contributed by atoms with Gasteiger partial charge in [0.05, 0.1) is 5.56 Å². The fraction of sp³-hybridized carbons (Fsp3) is 0.429. The van der Waals surface area contributed by atoms with E-state index in [0.29, 0.717) is 0 Å². The summed E-state index contributed by atoms with van der Waals surface area (Å²) < 4.78 is 37.6. The Morgan fingerprint density at radius 2 is 2.08 bits per heavy atom. The van der Waals surface area contributed by atoms with Gasteiger partial charge in [0, 0.05) is 13.2 Å². The summed E-state index contributed by atoms with van der Waals surface area (Å²) in [6, 6.07) is 0. The molecule has 0 aliphatic carbocycles. The molecule has 0 N–H and O–H groups in total. The zero-order valence-electron chi connectivity index (χ0n) is 7.01. The van der Waals surface area contributed by atoms with Crippen LogP contribution in [0, 0.1) is 0 Å². The summed E-state index contributed by atoms with van der Waals surface area (Å²) in [6.07, 6.45) is -3.51. The average Bonchev–Trinajstić information content (AvgIpc) is 2.29.